The molecule has 98 valence electrons. The summed E-state index contributed by atoms with van der Waals surface area (Å²) in [5, 5.41) is 8.89. The van der Waals surface area contributed by atoms with Crippen LogP contribution in [0.25, 0.3) is 0 Å². The van der Waals surface area contributed by atoms with Gasteiger partial charge in [-0.05, 0) is 37.0 Å². The van der Waals surface area contributed by atoms with Gasteiger partial charge in [0.1, 0.15) is 0 Å². The zero-order valence-electron chi connectivity index (χ0n) is 10.2. The van der Waals surface area contributed by atoms with Gasteiger partial charge in [-0.25, -0.2) is 17.9 Å². The SMILES string of the molecule is Cc1ccc(C(=O)O)cc1S(=O)(=O)NC1CC1C. The van der Waals surface area contributed by atoms with Crippen LogP contribution in [0, 0.1) is 12.8 Å². The Kier molecular flexibility index (Phi) is 3.16. The summed E-state index contributed by atoms with van der Waals surface area (Å²) >= 11 is 0. The molecule has 0 amide bonds. The number of carbonyl (C=O) groups is 1. The third kappa shape index (κ3) is 2.54. The molecule has 0 saturated heterocycles. The van der Waals surface area contributed by atoms with E-state index in [2.05, 4.69) is 4.72 Å². The normalized spacial score (nSPS) is 22.8. The number of aromatic carboxylic acids is 1. The molecule has 0 radical (unpaired) electrons. The predicted molar refractivity (Wildman–Crippen MR) is 66.0 cm³/mol. The Hall–Kier alpha value is -1.40. The lowest BCUT2D eigenvalue weighted by atomic mass is 10.1. The lowest BCUT2D eigenvalue weighted by molar-refractivity contribution is 0.0696. The summed E-state index contributed by atoms with van der Waals surface area (Å²) in [6, 6.07) is 4.08. The molecule has 2 N–H and O–H groups in total. The third-order valence-electron chi connectivity index (χ3n) is 3.14. The van der Waals surface area contributed by atoms with E-state index < -0.39 is 16.0 Å². The zero-order chi connectivity index (χ0) is 13.5. The maximum absolute atomic E-state index is 12.1. The van der Waals surface area contributed by atoms with Crippen LogP contribution in [0.5, 0.6) is 0 Å². The first-order chi connectivity index (χ1) is 8.31. The van der Waals surface area contributed by atoms with Crippen molar-refractivity contribution >= 4 is 16.0 Å². The summed E-state index contributed by atoms with van der Waals surface area (Å²) in [4.78, 5) is 10.9. The van der Waals surface area contributed by atoms with Gasteiger partial charge in [-0.15, -0.1) is 0 Å². The molecule has 2 atom stereocenters. The third-order valence-corrected chi connectivity index (χ3v) is 4.77. The first kappa shape index (κ1) is 13.0. The molecule has 1 aromatic rings. The Bertz CT molecular complexity index is 594. The standard InChI is InChI=1S/C12H15NO4S/c1-7-3-4-9(12(14)15)6-11(7)18(16,17)13-10-5-8(10)2/h3-4,6,8,10,13H,5H2,1-2H3,(H,14,15). The van der Waals surface area contributed by atoms with Crippen molar-refractivity contribution in [1.29, 1.82) is 0 Å². The van der Waals surface area contributed by atoms with Crippen molar-refractivity contribution in [2.45, 2.75) is 31.2 Å². The highest BCUT2D eigenvalue weighted by molar-refractivity contribution is 7.89. The number of carboxylic acid groups (broad SMARTS) is 1. The molecule has 18 heavy (non-hydrogen) atoms. The van der Waals surface area contributed by atoms with Crippen molar-refractivity contribution in [3.05, 3.63) is 29.3 Å². The molecule has 6 heteroatoms. The quantitative estimate of drug-likeness (QED) is 0.865. The molecule has 0 heterocycles. The zero-order valence-corrected chi connectivity index (χ0v) is 11.0. The van der Waals surface area contributed by atoms with Crippen LogP contribution >= 0.6 is 0 Å². The van der Waals surface area contributed by atoms with Gasteiger partial charge in [0.15, 0.2) is 0 Å². The Labute approximate surface area is 106 Å². The van der Waals surface area contributed by atoms with E-state index in [1.807, 2.05) is 6.92 Å². The van der Waals surface area contributed by atoms with Crippen molar-refractivity contribution in [3.8, 4) is 0 Å². The first-order valence-electron chi connectivity index (χ1n) is 5.67. The fourth-order valence-electron chi connectivity index (χ4n) is 1.77. The minimum absolute atomic E-state index is 0.0233. The molecule has 1 fully saturated rings. The van der Waals surface area contributed by atoms with Crippen LogP contribution in [0.4, 0.5) is 0 Å². The van der Waals surface area contributed by atoms with Gasteiger partial charge in [0, 0.05) is 6.04 Å². The lowest BCUT2D eigenvalue weighted by Gasteiger charge is -2.09. The largest absolute Gasteiger partial charge is 0.478 e. The van der Waals surface area contributed by atoms with Crippen molar-refractivity contribution < 1.29 is 18.3 Å². The molecule has 1 saturated carbocycles. The summed E-state index contributed by atoms with van der Waals surface area (Å²) in [7, 11) is -3.63. The van der Waals surface area contributed by atoms with Gasteiger partial charge < -0.3 is 5.11 Å². The van der Waals surface area contributed by atoms with Crippen LogP contribution in [-0.4, -0.2) is 25.5 Å². The van der Waals surface area contributed by atoms with Gasteiger partial charge in [0.2, 0.25) is 10.0 Å². The van der Waals surface area contributed by atoms with Crippen LogP contribution in [0.15, 0.2) is 23.1 Å². The molecule has 2 rings (SSSR count). The van der Waals surface area contributed by atoms with E-state index in [4.69, 9.17) is 5.11 Å². The molecule has 0 spiro atoms. The Balaban J connectivity index is 2.36. The number of rotatable bonds is 4. The smallest absolute Gasteiger partial charge is 0.335 e. The lowest BCUT2D eigenvalue weighted by Crippen LogP contribution is -2.27. The average Bonchev–Trinajstić information content (AvgIpc) is 2.93. The minimum Gasteiger partial charge on any atom is -0.478 e. The molecule has 1 aliphatic carbocycles. The number of benzene rings is 1. The predicted octanol–water partition coefficient (Wildman–Crippen LogP) is 1.38. The van der Waals surface area contributed by atoms with E-state index in [-0.39, 0.29) is 16.5 Å². The molecule has 5 nitrogen and oxygen atoms in total. The van der Waals surface area contributed by atoms with E-state index in [9.17, 15) is 13.2 Å². The van der Waals surface area contributed by atoms with Crippen LogP contribution in [-0.2, 0) is 10.0 Å². The molecular weight excluding hydrogens is 254 g/mol. The van der Waals surface area contributed by atoms with Gasteiger partial charge in [-0.3, -0.25) is 0 Å². The van der Waals surface area contributed by atoms with Crippen LogP contribution in [0.3, 0.4) is 0 Å². The van der Waals surface area contributed by atoms with E-state index in [0.717, 1.165) is 6.42 Å². The van der Waals surface area contributed by atoms with Crippen molar-refractivity contribution in [2.75, 3.05) is 0 Å². The van der Waals surface area contributed by atoms with E-state index in [0.29, 0.717) is 11.5 Å². The molecule has 0 aliphatic heterocycles. The van der Waals surface area contributed by atoms with E-state index >= 15 is 0 Å². The van der Waals surface area contributed by atoms with Gasteiger partial charge in [-0.2, -0.15) is 0 Å². The summed E-state index contributed by atoms with van der Waals surface area (Å²) in [5.74, 6) is -0.783. The van der Waals surface area contributed by atoms with Crippen molar-refractivity contribution in [1.82, 2.24) is 4.72 Å². The fraction of sp³-hybridized carbons (Fsp3) is 0.417. The molecule has 0 bridgehead atoms. The first-order valence-corrected chi connectivity index (χ1v) is 7.16. The maximum Gasteiger partial charge on any atom is 0.335 e. The van der Waals surface area contributed by atoms with E-state index in [1.165, 1.54) is 18.2 Å². The molecule has 2 unspecified atom stereocenters. The van der Waals surface area contributed by atoms with Crippen LogP contribution in [0.1, 0.15) is 29.3 Å². The highest BCUT2D eigenvalue weighted by atomic mass is 32.2. The van der Waals surface area contributed by atoms with Crippen LogP contribution < -0.4 is 4.72 Å². The summed E-state index contributed by atoms with van der Waals surface area (Å²) in [5.41, 5.74) is 0.519. The number of carboxylic acids is 1. The number of nitrogens with one attached hydrogen (secondary N) is 1. The second-order valence-electron chi connectivity index (χ2n) is 4.73. The molecule has 1 aromatic carbocycles. The average molecular weight is 269 g/mol. The highest BCUT2D eigenvalue weighted by Gasteiger charge is 2.36. The van der Waals surface area contributed by atoms with Gasteiger partial charge in [-0.1, -0.05) is 13.0 Å². The molecular formula is C12H15NO4S. The Morgan fingerprint density at radius 3 is 2.56 bits per heavy atom. The number of aryl methyl sites for hydroxylation is 1. The van der Waals surface area contributed by atoms with Crippen molar-refractivity contribution in [3.63, 3.8) is 0 Å². The monoisotopic (exact) mass is 269 g/mol. The van der Waals surface area contributed by atoms with Crippen molar-refractivity contribution in [2.24, 2.45) is 5.92 Å². The van der Waals surface area contributed by atoms with Gasteiger partial charge in [0.05, 0.1) is 10.5 Å². The van der Waals surface area contributed by atoms with E-state index in [1.54, 1.807) is 6.92 Å². The minimum atomic E-state index is -3.63. The highest BCUT2D eigenvalue weighted by Crippen LogP contribution is 2.31. The molecule has 1 aliphatic rings. The van der Waals surface area contributed by atoms with Gasteiger partial charge >= 0.3 is 5.97 Å². The second kappa shape index (κ2) is 4.37. The number of sulfonamides is 1. The topological polar surface area (TPSA) is 83.5 Å². The Morgan fingerprint density at radius 1 is 1.44 bits per heavy atom. The number of hydrogen-bond acceptors (Lipinski definition) is 3. The second-order valence-corrected chi connectivity index (χ2v) is 6.41. The maximum atomic E-state index is 12.1. The number of hydrogen-bond donors (Lipinski definition) is 2. The van der Waals surface area contributed by atoms with Crippen LogP contribution in [0.2, 0.25) is 0 Å². The summed E-state index contributed by atoms with van der Waals surface area (Å²) < 4.78 is 26.8. The Morgan fingerprint density at radius 2 is 2.06 bits per heavy atom. The summed E-state index contributed by atoms with van der Waals surface area (Å²) in [6.45, 7) is 3.62. The van der Waals surface area contributed by atoms with Gasteiger partial charge in [0.25, 0.3) is 0 Å². The summed E-state index contributed by atoms with van der Waals surface area (Å²) in [6.07, 6.45) is 0.830. The molecule has 0 aromatic heterocycles. The fourth-order valence-corrected chi connectivity index (χ4v) is 3.40.